The van der Waals surface area contributed by atoms with Crippen molar-refractivity contribution >= 4 is 21.9 Å². The van der Waals surface area contributed by atoms with Crippen LogP contribution >= 0.6 is 15.9 Å². The first-order chi connectivity index (χ1) is 4.76. The molecule has 0 saturated heterocycles. The van der Waals surface area contributed by atoms with Crippen LogP contribution in [0.5, 0.6) is 0 Å². The maximum Gasteiger partial charge on any atom is 0.334 e. The molecule has 0 saturated carbocycles. The number of ether oxygens (including phenoxy) is 1. The summed E-state index contributed by atoms with van der Waals surface area (Å²) in [6, 6.07) is 0. The Morgan fingerprint density at radius 2 is 2.30 bits per heavy atom. The number of carbonyl (C=O) groups is 1. The number of hydrogen-bond acceptors (Lipinski definition) is 2. The Labute approximate surface area is 69.4 Å². The average molecular weight is 207 g/mol. The lowest BCUT2D eigenvalue weighted by Crippen LogP contribution is -2.03. The molecule has 0 unspecified atom stereocenters. The highest BCUT2D eigenvalue weighted by molar-refractivity contribution is 9.11. The summed E-state index contributed by atoms with van der Waals surface area (Å²) in [5, 5.41) is 0. The number of carbonyl (C=O) groups excluding carboxylic acids is 1. The second-order valence-corrected chi connectivity index (χ2v) is 2.33. The van der Waals surface area contributed by atoms with E-state index in [-0.39, 0.29) is 5.97 Å². The lowest BCUT2D eigenvalue weighted by molar-refractivity contribution is -0.136. The summed E-state index contributed by atoms with van der Waals surface area (Å²) in [5.74, 6) is -0.251. The van der Waals surface area contributed by atoms with Gasteiger partial charge in [0.15, 0.2) is 0 Å². The topological polar surface area (TPSA) is 26.3 Å². The minimum Gasteiger partial charge on any atom is -0.466 e. The Morgan fingerprint density at radius 3 is 2.60 bits per heavy atom. The molecule has 0 rings (SSSR count). The van der Waals surface area contributed by atoms with Crippen LogP contribution < -0.4 is 0 Å². The minimum atomic E-state index is -0.251. The van der Waals surface area contributed by atoms with Crippen LogP contribution in [-0.2, 0) is 9.53 Å². The summed E-state index contributed by atoms with van der Waals surface area (Å²) in [7, 11) is 1.38. The van der Waals surface area contributed by atoms with Crippen LogP contribution in [0, 0.1) is 0 Å². The van der Waals surface area contributed by atoms with E-state index in [1.807, 2.05) is 6.92 Å². The predicted molar refractivity (Wildman–Crippen MR) is 43.9 cm³/mol. The second-order valence-electron chi connectivity index (χ2n) is 1.88. The molecule has 0 aliphatic carbocycles. The molecular formula is C7H11BrO2. The van der Waals surface area contributed by atoms with Gasteiger partial charge in [0, 0.05) is 5.57 Å². The van der Waals surface area contributed by atoms with Crippen molar-refractivity contribution in [1.29, 1.82) is 0 Å². The van der Waals surface area contributed by atoms with E-state index in [9.17, 15) is 4.79 Å². The van der Waals surface area contributed by atoms with Crippen LogP contribution in [0.1, 0.15) is 19.8 Å². The van der Waals surface area contributed by atoms with E-state index in [0.29, 0.717) is 5.57 Å². The Hall–Kier alpha value is -0.310. The van der Waals surface area contributed by atoms with E-state index >= 15 is 0 Å². The van der Waals surface area contributed by atoms with Gasteiger partial charge in [0.25, 0.3) is 0 Å². The van der Waals surface area contributed by atoms with Crippen molar-refractivity contribution in [1.82, 2.24) is 0 Å². The Balaban J connectivity index is 3.95. The fourth-order valence-electron chi connectivity index (χ4n) is 0.602. The zero-order chi connectivity index (χ0) is 7.98. The molecule has 0 aromatic heterocycles. The van der Waals surface area contributed by atoms with Crippen molar-refractivity contribution in [2.24, 2.45) is 0 Å². The van der Waals surface area contributed by atoms with Gasteiger partial charge in [0.2, 0.25) is 0 Å². The number of methoxy groups -OCH3 is 1. The highest BCUT2D eigenvalue weighted by atomic mass is 79.9. The van der Waals surface area contributed by atoms with E-state index in [1.165, 1.54) is 7.11 Å². The van der Waals surface area contributed by atoms with Gasteiger partial charge in [0.05, 0.1) is 7.11 Å². The van der Waals surface area contributed by atoms with Crippen molar-refractivity contribution in [3.05, 3.63) is 10.6 Å². The molecular weight excluding hydrogens is 196 g/mol. The van der Waals surface area contributed by atoms with Crippen molar-refractivity contribution in [3.63, 3.8) is 0 Å². The van der Waals surface area contributed by atoms with Crippen LogP contribution in [0.2, 0.25) is 0 Å². The molecule has 0 heterocycles. The van der Waals surface area contributed by atoms with Crippen LogP contribution in [0.15, 0.2) is 10.6 Å². The maximum atomic E-state index is 10.8. The van der Waals surface area contributed by atoms with Gasteiger partial charge >= 0.3 is 5.97 Å². The van der Waals surface area contributed by atoms with Gasteiger partial charge in [-0.2, -0.15) is 0 Å². The lowest BCUT2D eigenvalue weighted by Gasteiger charge is -2.00. The van der Waals surface area contributed by atoms with E-state index in [4.69, 9.17) is 0 Å². The van der Waals surface area contributed by atoms with Gasteiger partial charge in [-0.3, -0.25) is 0 Å². The molecule has 0 aromatic carbocycles. The lowest BCUT2D eigenvalue weighted by atomic mass is 10.2. The molecule has 0 atom stereocenters. The van der Waals surface area contributed by atoms with Gasteiger partial charge in [-0.1, -0.05) is 29.3 Å². The molecule has 10 heavy (non-hydrogen) atoms. The molecule has 0 spiro atoms. The highest BCUT2D eigenvalue weighted by Gasteiger charge is 2.05. The smallest absolute Gasteiger partial charge is 0.334 e. The molecule has 0 bridgehead atoms. The standard InChI is InChI=1S/C7H11BrO2/c1-3-4-6(5-8)7(9)10-2/h5H,3-4H2,1-2H3. The Bertz CT molecular complexity index is 141. The first-order valence-corrected chi connectivity index (χ1v) is 4.05. The maximum absolute atomic E-state index is 10.8. The summed E-state index contributed by atoms with van der Waals surface area (Å²) in [6.45, 7) is 2.01. The van der Waals surface area contributed by atoms with Crippen molar-refractivity contribution < 1.29 is 9.53 Å². The molecule has 3 heteroatoms. The van der Waals surface area contributed by atoms with Gasteiger partial charge in [-0.25, -0.2) is 4.79 Å². The van der Waals surface area contributed by atoms with Crippen molar-refractivity contribution in [3.8, 4) is 0 Å². The Kier molecular flexibility index (Phi) is 5.30. The first kappa shape index (κ1) is 9.69. The van der Waals surface area contributed by atoms with E-state index in [0.717, 1.165) is 12.8 Å². The van der Waals surface area contributed by atoms with Gasteiger partial charge < -0.3 is 4.74 Å². The SMILES string of the molecule is CCCC(=CBr)C(=O)OC. The van der Waals surface area contributed by atoms with Crippen LogP contribution in [0.4, 0.5) is 0 Å². The summed E-state index contributed by atoms with van der Waals surface area (Å²) < 4.78 is 4.52. The average Bonchev–Trinajstić information content (AvgIpc) is 1.99. The van der Waals surface area contributed by atoms with Crippen LogP contribution in [0.25, 0.3) is 0 Å². The molecule has 0 aliphatic heterocycles. The third-order valence-electron chi connectivity index (χ3n) is 1.10. The number of rotatable bonds is 3. The summed E-state index contributed by atoms with van der Waals surface area (Å²) in [4.78, 5) is 12.4. The molecule has 0 aromatic rings. The summed E-state index contributed by atoms with van der Waals surface area (Å²) in [6.07, 6.45) is 1.71. The number of esters is 1. The molecule has 0 N–H and O–H groups in total. The zero-order valence-corrected chi connectivity index (χ0v) is 7.77. The predicted octanol–water partition coefficient (Wildman–Crippen LogP) is 2.24. The Morgan fingerprint density at radius 1 is 1.70 bits per heavy atom. The molecule has 0 fully saturated rings. The highest BCUT2D eigenvalue weighted by Crippen LogP contribution is 2.08. The second kappa shape index (κ2) is 5.47. The van der Waals surface area contributed by atoms with E-state index < -0.39 is 0 Å². The fourth-order valence-corrected chi connectivity index (χ4v) is 1.02. The fraction of sp³-hybridized carbons (Fsp3) is 0.571. The third-order valence-corrected chi connectivity index (χ3v) is 1.65. The normalized spacial score (nSPS) is 11.3. The van der Waals surface area contributed by atoms with Gasteiger partial charge in [0.1, 0.15) is 0 Å². The zero-order valence-electron chi connectivity index (χ0n) is 6.19. The van der Waals surface area contributed by atoms with Crippen LogP contribution in [0.3, 0.4) is 0 Å². The van der Waals surface area contributed by atoms with Gasteiger partial charge in [-0.15, -0.1) is 0 Å². The van der Waals surface area contributed by atoms with E-state index in [1.54, 1.807) is 4.99 Å². The molecule has 0 aliphatic rings. The largest absolute Gasteiger partial charge is 0.466 e. The molecule has 58 valence electrons. The monoisotopic (exact) mass is 206 g/mol. The first-order valence-electron chi connectivity index (χ1n) is 3.13. The minimum absolute atomic E-state index is 0.251. The summed E-state index contributed by atoms with van der Waals surface area (Å²) in [5.41, 5.74) is 0.685. The third kappa shape index (κ3) is 3.01. The summed E-state index contributed by atoms with van der Waals surface area (Å²) >= 11 is 3.10. The van der Waals surface area contributed by atoms with Crippen molar-refractivity contribution in [2.45, 2.75) is 19.8 Å². The van der Waals surface area contributed by atoms with Crippen molar-refractivity contribution in [2.75, 3.05) is 7.11 Å². The van der Waals surface area contributed by atoms with Crippen LogP contribution in [-0.4, -0.2) is 13.1 Å². The number of halogens is 1. The molecule has 0 radical (unpaired) electrons. The molecule has 0 amide bonds. The quantitative estimate of drug-likeness (QED) is 0.524. The number of hydrogen-bond donors (Lipinski definition) is 0. The van der Waals surface area contributed by atoms with E-state index in [2.05, 4.69) is 20.7 Å². The van der Waals surface area contributed by atoms with Gasteiger partial charge in [-0.05, 0) is 11.4 Å². The molecule has 2 nitrogen and oxygen atoms in total.